The van der Waals surface area contributed by atoms with Gasteiger partial charge in [0.05, 0.1) is 5.69 Å². The topological polar surface area (TPSA) is 48.0 Å². The predicted octanol–water partition coefficient (Wildman–Crippen LogP) is 2.62. The first-order valence-electron chi connectivity index (χ1n) is 6.19. The second-order valence-corrected chi connectivity index (χ2v) is 5.45. The molecule has 96 valence electrons. The van der Waals surface area contributed by atoms with Gasteiger partial charge >= 0.3 is 4.87 Å². The van der Waals surface area contributed by atoms with Crippen LogP contribution in [-0.4, -0.2) is 11.1 Å². The Balaban J connectivity index is 2.37. The van der Waals surface area contributed by atoms with Crippen molar-refractivity contribution in [1.29, 1.82) is 0 Å². The van der Waals surface area contributed by atoms with E-state index in [0.717, 1.165) is 35.5 Å². The van der Waals surface area contributed by atoms with Crippen molar-refractivity contribution in [3.8, 4) is 11.3 Å². The second-order valence-electron chi connectivity index (χ2n) is 4.29. The maximum absolute atomic E-state index is 12.0. The van der Waals surface area contributed by atoms with E-state index in [1.165, 1.54) is 11.3 Å². The number of hydrogen-bond donors (Lipinski definition) is 1. The molecule has 0 radical (unpaired) electrons. The minimum absolute atomic E-state index is 0.128. The second kappa shape index (κ2) is 5.98. The molecular formula is C14H18N2OS. The van der Waals surface area contributed by atoms with Gasteiger partial charge in [-0.2, -0.15) is 0 Å². The van der Waals surface area contributed by atoms with Gasteiger partial charge in [0.25, 0.3) is 0 Å². The third-order valence-electron chi connectivity index (χ3n) is 2.95. The Morgan fingerprint density at radius 1 is 1.22 bits per heavy atom. The molecule has 1 aromatic carbocycles. The monoisotopic (exact) mass is 262 g/mol. The van der Waals surface area contributed by atoms with Crippen molar-refractivity contribution in [2.75, 3.05) is 6.54 Å². The number of aryl methyl sites for hydroxylation is 1. The molecule has 0 aliphatic heterocycles. The van der Waals surface area contributed by atoms with E-state index in [0.29, 0.717) is 6.54 Å². The Kier molecular flexibility index (Phi) is 4.33. The molecule has 0 saturated carbocycles. The van der Waals surface area contributed by atoms with Crippen molar-refractivity contribution in [1.82, 2.24) is 4.57 Å². The molecule has 0 saturated heterocycles. The van der Waals surface area contributed by atoms with Crippen LogP contribution in [0.4, 0.5) is 0 Å². The molecule has 18 heavy (non-hydrogen) atoms. The van der Waals surface area contributed by atoms with Gasteiger partial charge in [-0.05, 0) is 31.9 Å². The molecule has 2 rings (SSSR count). The van der Waals surface area contributed by atoms with Crippen LogP contribution in [0.25, 0.3) is 11.3 Å². The SMILES string of the molecule is Cc1sc(=O)n(CCCCN)c1-c1ccccc1. The lowest BCUT2D eigenvalue weighted by atomic mass is 10.1. The van der Waals surface area contributed by atoms with Gasteiger partial charge in [-0.15, -0.1) is 0 Å². The number of hydrogen-bond acceptors (Lipinski definition) is 3. The van der Waals surface area contributed by atoms with Gasteiger partial charge in [0.1, 0.15) is 0 Å². The molecule has 0 amide bonds. The summed E-state index contributed by atoms with van der Waals surface area (Å²) in [7, 11) is 0. The van der Waals surface area contributed by atoms with Gasteiger partial charge in [-0.3, -0.25) is 9.36 Å². The molecule has 0 spiro atoms. The smallest absolute Gasteiger partial charge is 0.307 e. The highest BCUT2D eigenvalue weighted by Crippen LogP contribution is 2.25. The average molecular weight is 262 g/mol. The molecule has 2 N–H and O–H groups in total. The Labute approximate surface area is 111 Å². The highest BCUT2D eigenvalue weighted by atomic mass is 32.1. The van der Waals surface area contributed by atoms with E-state index in [-0.39, 0.29) is 4.87 Å². The normalized spacial score (nSPS) is 10.8. The van der Waals surface area contributed by atoms with E-state index in [9.17, 15) is 4.79 Å². The van der Waals surface area contributed by atoms with Crippen molar-refractivity contribution in [2.45, 2.75) is 26.3 Å². The Hall–Kier alpha value is -1.39. The van der Waals surface area contributed by atoms with Gasteiger partial charge in [0, 0.05) is 11.4 Å². The fourth-order valence-corrected chi connectivity index (χ4v) is 2.97. The molecule has 0 fully saturated rings. The molecule has 0 atom stereocenters. The molecular weight excluding hydrogens is 244 g/mol. The van der Waals surface area contributed by atoms with Crippen LogP contribution in [0.5, 0.6) is 0 Å². The summed E-state index contributed by atoms with van der Waals surface area (Å²) < 4.78 is 1.88. The van der Waals surface area contributed by atoms with Crippen molar-refractivity contribution >= 4 is 11.3 Å². The summed E-state index contributed by atoms with van der Waals surface area (Å²) in [5.41, 5.74) is 7.67. The summed E-state index contributed by atoms with van der Waals surface area (Å²) >= 11 is 1.32. The first-order valence-corrected chi connectivity index (χ1v) is 7.01. The summed E-state index contributed by atoms with van der Waals surface area (Å²) in [6.45, 7) is 3.44. The standard InChI is InChI=1S/C14H18N2OS/c1-11-13(12-7-3-2-4-8-12)16(14(17)18-11)10-6-5-9-15/h2-4,7-8H,5-6,9-10,15H2,1H3. The van der Waals surface area contributed by atoms with E-state index in [4.69, 9.17) is 5.73 Å². The van der Waals surface area contributed by atoms with Crippen LogP contribution < -0.4 is 10.6 Å². The number of unbranched alkanes of at least 4 members (excludes halogenated alkanes) is 1. The zero-order valence-corrected chi connectivity index (χ0v) is 11.4. The fourth-order valence-electron chi connectivity index (χ4n) is 2.09. The Bertz CT molecular complexity index is 557. The average Bonchev–Trinajstić information content (AvgIpc) is 2.66. The van der Waals surface area contributed by atoms with E-state index < -0.39 is 0 Å². The number of nitrogens with two attached hydrogens (primary N) is 1. The summed E-state index contributed by atoms with van der Waals surface area (Å²) in [4.78, 5) is 13.2. The number of thiazole rings is 1. The number of nitrogens with zero attached hydrogens (tertiary/aromatic N) is 1. The fraction of sp³-hybridized carbons (Fsp3) is 0.357. The summed E-state index contributed by atoms with van der Waals surface area (Å²) in [6, 6.07) is 10.1. The van der Waals surface area contributed by atoms with E-state index in [1.54, 1.807) is 0 Å². The molecule has 0 bridgehead atoms. The lowest BCUT2D eigenvalue weighted by Crippen LogP contribution is -2.15. The van der Waals surface area contributed by atoms with E-state index in [1.807, 2.05) is 41.8 Å². The van der Waals surface area contributed by atoms with Gasteiger partial charge in [0.2, 0.25) is 0 Å². The maximum atomic E-state index is 12.0. The third-order valence-corrected chi connectivity index (χ3v) is 3.84. The zero-order valence-electron chi connectivity index (χ0n) is 10.6. The zero-order chi connectivity index (χ0) is 13.0. The van der Waals surface area contributed by atoms with Crippen molar-refractivity contribution in [2.24, 2.45) is 5.73 Å². The van der Waals surface area contributed by atoms with E-state index in [2.05, 4.69) is 0 Å². The molecule has 0 unspecified atom stereocenters. The number of rotatable bonds is 5. The molecule has 2 aromatic rings. The first-order chi connectivity index (χ1) is 8.74. The van der Waals surface area contributed by atoms with Gasteiger partial charge in [0.15, 0.2) is 0 Å². The lowest BCUT2D eigenvalue weighted by Gasteiger charge is -2.08. The van der Waals surface area contributed by atoms with Crippen molar-refractivity contribution in [3.05, 3.63) is 44.9 Å². The molecule has 4 heteroatoms. The van der Waals surface area contributed by atoms with Crippen LogP contribution >= 0.6 is 11.3 Å². The lowest BCUT2D eigenvalue weighted by molar-refractivity contribution is 0.612. The van der Waals surface area contributed by atoms with Crippen molar-refractivity contribution < 1.29 is 0 Å². The van der Waals surface area contributed by atoms with Gasteiger partial charge < -0.3 is 5.73 Å². The predicted molar refractivity (Wildman–Crippen MR) is 77.0 cm³/mol. The van der Waals surface area contributed by atoms with Gasteiger partial charge in [-0.25, -0.2) is 0 Å². The quantitative estimate of drug-likeness (QED) is 0.842. The number of aromatic nitrogens is 1. The molecule has 1 heterocycles. The van der Waals surface area contributed by atoms with Crippen LogP contribution in [0.3, 0.4) is 0 Å². The minimum Gasteiger partial charge on any atom is -0.330 e. The van der Waals surface area contributed by atoms with Gasteiger partial charge in [-0.1, -0.05) is 41.7 Å². The molecule has 3 nitrogen and oxygen atoms in total. The highest BCUT2D eigenvalue weighted by molar-refractivity contribution is 7.09. The van der Waals surface area contributed by atoms with Crippen LogP contribution in [0, 0.1) is 6.92 Å². The Morgan fingerprint density at radius 3 is 2.61 bits per heavy atom. The maximum Gasteiger partial charge on any atom is 0.307 e. The largest absolute Gasteiger partial charge is 0.330 e. The summed E-state index contributed by atoms with van der Waals surface area (Å²) in [5, 5.41) is 0. The van der Waals surface area contributed by atoms with Crippen LogP contribution in [-0.2, 0) is 6.54 Å². The summed E-state index contributed by atoms with van der Waals surface area (Å²) in [5.74, 6) is 0. The summed E-state index contributed by atoms with van der Waals surface area (Å²) in [6.07, 6.45) is 1.90. The van der Waals surface area contributed by atoms with E-state index >= 15 is 0 Å². The number of benzene rings is 1. The molecule has 0 aliphatic carbocycles. The van der Waals surface area contributed by atoms with Crippen LogP contribution in [0.2, 0.25) is 0 Å². The molecule has 0 aliphatic rings. The third kappa shape index (κ3) is 2.71. The highest BCUT2D eigenvalue weighted by Gasteiger charge is 2.12. The van der Waals surface area contributed by atoms with Crippen LogP contribution in [0.15, 0.2) is 35.1 Å². The first kappa shape index (κ1) is 13.1. The minimum atomic E-state index is 0.128. The van der Waals surface area contributed by atoms with Crippen molar-refractivity contribution in [3.63, 3.8) is 0 Å². The van der Waals surface area contributed by atoms with Crippen LogP contribution in [0.1, 0.15) is 17.7 Å². The Morgan fingerprint density at radius 2 is 1.94 bits per heavy atom. The molecule has 1 aromatic heterocycles.